The Bertz CT molecular complexity index is 263. The van der Waals surface area contributed by atoms with Crippen LogP contribution in [-0.2, 0) is 4.79 Å². The minimum atomic E-state index is -0.0700. The van der Waals surface area contributed by atoms with Gasteiger partial charge in [0.2, 0.25) is 5.91 Å². The number of carbonyl (C=O) groups is 1. The Kier molecular flexibility index (Phi) is 4.54. The number of rotatable bonds is 4. The SMILES string of the molecule is C=CC(=O)NCC1(N(C)C)CCCC(C)C1. The molecular formula is C13H24N2O. The van der Waals surface area contributed by atoms with Crippen molar-refractivity contribution in [3.05, 3.63) is 12.7 Å². The Hall–Kier alpha value is -0.830. The van der Waals surface area contributed by atoms with Crippen molar-refractivity contribution in [2.24, 2.45) is 5.92 Å². The minimum Gasteiger partial charge on any atom is -0.351 e. The van der Waals surface area contributed by atoms with Crippen LogP contribution >= 0.6 is 0 Å². The zero-order valence-corrected chi connectivity index (χ0v) is 10.8. The predicted molar refractivity (Wildman–Crippen MR) is 67.3 cm³/mol. The number of hydrogen-bond donors (Lipinski definition) is 1. The van der Waals surface area contributed by atoms with Crippen LogP contribution in [0.4, 0.5) is 0 Å². The lowest BCUT2D eigenvalue weighted by molar-refractivity contribution is -0.117. The topological polar surface area (TPSA) is 32.3 Å². The van der Waals surface area contributed by atoms with Gasteiger partial charge in [0.15, 0.2) is 0 Å². The number of likely N-dealkylation sites (N-methyl/N-ethyl adjacent to an activating group) is 1. The van der Waals surface area contributed by atoms with Gasteiger partial charge in [-0.1, -0.05) is 26.3 Å². The van der Waals surface area contributed by atoms with E-state index in [4.69, 9.17) is 0 Å². The molecule has 0 aliphatic heterocycles. The molecule has 0 saturated heterocycles. The van der Waals surface area contributed by atoms with Crippen molar-refractivity contribution in [3.8, 4) is 0 Å². The Morgan fingerprint density at radius 2 is 2.31 bits per heavy atom. The molecule has 2 atom stereocenters. The highest BCUT2D eigenvalue weighted by Gasteiger charge is 2.36. The lowest BCUT2D eigenvalue weighted by Gasteiger charge is -2.45. The lowest BCUT2D eigenvalue weighted by Crippen LogP contribution is -2.54. The highest BCUT2D eigenvalue weighted by atomic mass is 16.1. The molecule has 0 aromatic carbocycles. The molecule has 2 unspecified atom stereocenters. The molecule has 1 N–H and O–H groups in total. The molecule has 1 aliphatic carbocycles. The van der Waals surface area contributed by atoms with Crippen molar-refractivity contribution < 1.29 is 4.79 Å². The molecule has 1 aliphatic rings. The van der Waals surface area contributed by atoms with Gasteiger partial charge in [-0.3, -0.25) is 4.79 Å². The fourth-order valence-corrected chi connectivity index (χ4v) is 2.68. The number of nitrogens with one attached hydrogen (secondary N) is 1. The van der Waals surface area contributed by atoms with Gasteiger partial charge in [-0.25, -0.2) is 0 Å². The molecule has 0 aromatic rings. The molecule has 1 amide bonds. The monoisotopic (exact) mass is 224 g/mol. The molecule has 0 bridgehead atoms. The van der Waals surface area contributed by atoms with Crippen LogP contribution in [0, 0.1) is 5.92 Å². The average Bonchev–Trinajstić information content (AvgIpc) is 2.25. The van der Waals surface area contributed by atoms with Gasteiger partial charge in [0.05, 0.1) is 0 Å². The van der Waals surface area contributed by atoms with Crippen LogP contribution in [-0.4, -0.2) is 37.0 Å². The second-order valence-electron chi connectivity index (χ2n) is 5.24. The second kappa shape index (κ2) is 5.48. The molecule has 0 radical (unpaired) electrons. The maximum atomic E-state index is 11.3. The summed E-state index contributed by atoms with van der Waals surface area (Å²) >= 11 is 0. The Labute approximate surface area is 98.9 Å². The second-order valence-corrected chi connectivity index (χ2v) is 5.24. The van der Waals surface area contributed by atoms with Crippen LogP contribution in [0.1, 0.15) is 32.6 Å². The smallest absolute Gasteiger partial charge is 0.243 e. The zero-order chi connectivity index (χ0) is 12.2. The maximum Gasteiger partial charge on any atom is 0.243 e. The van der Waals surface area contributed by atoms with Crippen LogP contribution in [0.25, 0.3) is 0 Å². The summed E-state index contributed by atoms with van der Waals surface area (Å²) in [5.74, 6) is 0.677. The van der Waals surface area contributed by atoms with Crippen molar-refractivity contribution >= 4 is 5.91 Å². The quantitative estimate of drug-likeness (QED) is 0.739. The van der Waals surface area contributed by atoms with Crippen LogP contribution in [0.15, 0.2) is 12.7 Å². The third-order valence-corrected chi connectivity index (χ3v) is 3.79. The third kappa shape index (κ3) is 3.08. The van der Waals surface area contributed by atoms with Crippen LogP contribution < -0.4 is 5.32 Å². The predicted octanol–water partition coefficient (Wildman–Crippen LogP) is 1.80. The molecule has 0 aromatic heterocycles. The fourth-order valence-electron chi connectivity index (χ4n) is 2.68. The van der Waals surface area contributed by atoms with Gasteiger partial charge in [-0.05, 0) is 38.9 Å². The van der Waals surface area contributed by atoms with E-state index < -0.39 is 0 Å². The van der Waals surface area contributed by atoms with Crippen molar-refractivity contribution in [2.75, 3.05) is 20.6 Å². The van der Waals surface area contributed by atoms with Crippen molar-refractivity contribution in [3.63, 3.8) is 0 Å². The normalized spacial score (nSPS) is 30.1. The van der Waals surface area contributed by atoms with E-state index in [1.54, 1.807) is 0 Å². The first-order valence-corrected chi connectivity index (χ1v) is 6.08. The summed E-state index contributed by atoms with van der Waals surface area (Å²) in [6, 6.07) is 0. The summed E-state index contributed by atoms with van der Waals surface area (Å²) in [5.41, 5.74) is 0.135. The Morgan fingerprint density at radius 1 is 1.62 bits per heavy atom. The maximum absolute atomic E-state index is 11.3. The van der Waals surface area contributed by atoms with E-state index in [9.17, 15) is 4.79 Å². The van der Waals surface area contributed by atoms with Gasteiger partial charge in [0.1, 0.15) is 0 Å². The number of amides is 1. The molecule has 1 fully saturated rings. The molecule has 0 spiro atoms. The summed E-state index contributed by atoms with van der Waals surface area (Å²) in [7, 11) is 4.22. The van der Waals surface area contributed by atoms with E-state index >= 15 is 0 Å². The fraction of sp³-hybridized carbons (Fsp3) is 0.769. The summed E-state index contributed by atoms with van der Waals surface area (Å²) in [6.07, 6.45) is 6.24. The van der Waals surface area contributed by atoms with Gasteiger partial charge in [0, 0.05) is 12.1 Å². The number of carbonyl (C=O) groups excluding carboxylic acids is 1. The van der Waals surface area contributed by atoms with Gasteiger partial charge in [-0.2, -0.15) is 0 Å². The molecule has 92 valence electrons. The highest BCUT2D eigenvalue weighted by molar-refractivity contribution is 5.86. The molecule has 16 heavy (non-hydrogen) atoms. The number of nitrogens with zero attached hydrogens (tertiary/aromatic N) is 1. The van der Waals surface area contributed by atoms with E-state index in [0.29, 0.717) is 0 Å². The summed E-state index contributed by atoms with van der Waals surface area (Å²) < 4.78 is 0. The van der Waals surface area contributed by atoms with Crippen molar-refractivity contribution in [1.82, 2.24) is 10.2 Å². The van der Waals surface area contributed by atoms with Crippen molar-refractivity contribution in [1.29, 1.82) is 0 Å². The van der Waals surface area contributed by atoms with E-state index in [1.165, 1.54) is 25.3 Å². The van der Waals surface area contributed by atoms with E-state index in [1.807, 2.05) is 0 Å². The van der Waals surface area contributed by atoms with Crippen LogP contribution in [0.2, 0.25) is 0 Å². The lowest BCUT2D eigenvalue weighted by atomic mass is 9.75. The first-order valence-electron chi connectivity index (χ1n) is 6.08. The molecule has 3 nitrogen and oxygen atoms in total. The third-order valence-electron chi connectivity index (χ3n) is 3.79. The van der Waals surface area contributed by atoms with Crippen LogP contribution in [0.3, 0.4) is 0 Å². The number of hydrogen-bond acceptors (Lipinski definition) is 2. The largest absolute Gasteiger partial charge is 0.351 e. The zero-order valence-electron chi connectivity index (χ0n) is 10.8. The van der Waals surface area contributed by atoms with Gasteiger partial charge in [-0.15, -0.1) is 0 Å². The summed E-state index contributed by atoms with van der Waals surface area (Å²) in [5, 5.41) is 2.95. The first-order chi connectivity index (χ1) is 7.50. The van der Waals surface area contributed by atoms with E-state index in [2.05, 4.69) is 37.8 Å². The van der Waals surface area contributed by atoms with Crippen LogP contribution in [0.5, 0.6) is 0 Å². The summed E-state index contributed by atoms with van der Waals surface area (Å²) in [4.78, 5) is 13.5. The molecular weight excluding hydrogens is 200 g/mol. The standard InChI is InChI=1S/C13H24N2O/c1-5-12(16)14-10-13(15(3)4)8-6-7-11(2)9-13/h5,11H,1,6-10H2,2-4H3,(H,14,16). The van der Waals surface area contributed by atoms with E-state index in [-0.39, 0.29) is 11.4 Å². The minimum absolute atomic E-state index is 0.0700. The highest BCUT2D eigenvalue weighted by Crippen LogP contribution is 2.35. The molecule has 1 saturated carbocycles. The Balaban J connectivity index is 2.64. The van der Waals surface area contributed by atoms with Gasteiger partial charge >= 0.3 is 0 Å². The van der Waals surface area contributed by atoms with Crippen molar-refractivity contribution in [2.45, 2.75) is 38.1 Å². The molecule has 3 heteroatoms. The first kappa shape index (κ1) is 13.2. The van der Waals surface area contributed by atoms with E-state index in [0.717, 1.165) is 18.9 Å². The molecule has 1 rings (SSSR count). The Morgan fingerprint density at radius 3 is 2.81 bits per heavy atom. The van der Waals surface area contributed by atoms with Gasteiger partial charge in [0.25, 0.3) is 0 Å². The summed E-state index contributed by atoms with van der Waals surface area (Å²) in [6.45, 7) is 6.51. The molecule has 0 heterocycles. The van der Waals surface area contributed by atoms with Gasteiger partial charge < -0.3 is 10.2 Å². The average molecular weight is 224 g/mol.